The van der Waals surface area contributed by atoms with Gasteiger partial charge in [0.15, 0.2) is 0 Å². The van der Waals surface area contributed by atoms with E-state index in [2.05, 4.69) is 67.2 Å². The van der Waals surface area contributed by atoms with E-state index in [9.17, 15) is 23.3 Å². The fourth-order valence-corrected chi connectivity index (χ4v) is 11.9. The second kappa shape index (κ2) is 19.9. The summed E-state index contributed by atoms with van der Waals surface area (Å²) in [4.78, 5) is 42.8. The van der Waals surface area contributed by atoms with Crippen molar-refractivity contribution in [2.24, 2.45) is 11.3 Å². The molecule has 5 aromatic rings. The van der Waals surface area contributed by atoms with Gasteiger partial charge in [0.25, 0.3) is 21.6 Å². The fourth-order valence-electron chi connectivity index (χ4n) is 10.8. The zero-order valence-corrected chi connectivity index (χ0v) is 41.6. The lowest BCUT2D eigenvalue weighted by Gasteiger charge is -2.46. The van der Waals surface area contributed by atoms with E-state index in [0.717, 1.165) is 120 Å². The summed E-state index contributed by atoms with van der Waals surface area (Å²) in [5.41, 5.74) is 5.75. The largest absolute Gasteiger partial charge is 0.493 e. The normalized spacial score (nSPS) is 21.5. The summed E-state index contributed by atoms with van der Waals surface area (Å²) >= 11 is 6.26. The number of aromatic amines is 1. The number of benzene rings is 3. The van der Waals surface area contributed by atoms with Crippen molar-refractivity contribution in [1.82, 2.24) is 29.4 Å². The number of sulfonamides is 1. The summed E-state index contributed by atoms with van der Waals surface area (Å²) in [5, 5.41) is 14.0. The van der Waals surface area contributed by atoms with Gasteiger partial charge in [-0.25, -0.2) is 18.1 Å². The molecule has 16 nitrogen and oxygen atoms in total. The maximum Gasteiger partial charge on any atom is 0.277 e. The van der Waals surface area contributed by atoms with E-state index in [1.54, 1.807) is 30.5 Å². The summed E-state index contributed by atoms with van der Waals surface area (Å²) in [6.07, 6.45) is 7.64. The number of H-pyrrole nitrogens is 1. The van der Waals surface area contributed by atoms with Gasteiger partial charge in [-0.3, -0.25) is 24.7 Å². The van der Waals surface area contributed by atoms with Gasteiger partial charge in [0.05, 0.1) is 53.0 Å². The molecule has 0 radical (unpaired) electrons. The molecule has 70 heavy (non-hydrogen) atoms. The highest BCUT2D eigenvalue weighted by Crippen LogP contribution is 2.44. The Morgan fingerprint density at radius 3 is 2.53 bits per heavy atom. The molecule has 370 valence electrons. The van der Waals surface area contributed by atoms with Crippen molar-refractivity contribution in [3.05, 3.63) is 117 Å². The van der Waals surface area contributed by atoms with E-state index < -0.39 is 25.7 Å². The van der Waals surface area contributed by atoms with Crippen LogP contribution in [-0.2, 0) is 21.2 Å². The number of aromatic nitrogens is 2. The molecule has 5 aliphatic rings. The zero-order chi connectivity index (χ0) is 48.7. The Hall–Kier alpha value is -5.56. The first-order valence-electron chi connectivity index (χ1n) is 24.4. The lowest BCUT2D eigenvalue weighted by Crippen LogP contribution is -2.60. The number of nitrogens with one attached hydrogen (secondary N) is 2. The third-order valence-electron chi connectivity index (χ3n) is 14.9. The molecule has 1 amide bonds. The number of nitro benzene ring substituents is 1. The third kappa shape index (κ3) is 10.6. The summed E-state index contributed by atoms with van der Waals surface area (Å²) in [6, 6.07) is 20.1. The summed E-state index contributed by atoms with van der Waals surface area (Å²) in [6.45, 7) is 16.4. The Kier molecular flexibility index (Phi) is 13.7. The summed E-state index contributed by atoms with van der Waals surface area (Å²) < 4.78 is 48.1. The maximum absolute atomic E-state index is 14.2. The molecule has 10 rings (SSSR count). The van der Waals surface area contributed by atoms with E-state index >= 15 is 0 Å². The first-order chi connectivity index (χ1) is 33.6. The fraction of sp³-hybridized carbons (Fsp3) is 0.462. The number of halogens is 1. The molecule has 0 bridgehead atoms. The Bertz CT molecular complexity index is 2910. The predicted octanol–water partition coefficient (Wildman–Crippen LogP) is 8.17. The molecule has 3 fully saturated rings. The smallest absolute Gasteiger partial charge is 0.277 e. The maximum atomic E-state index is 14.2. The van der Waals surface area contributed by atoms with Gasteiger partial charge in [0.2, 0.25) is 0 Å². The Morgan fingerprint density at radius 2 is 1.79 bits per heavy atom. The highest BCUT2D eigenvalue weighted by atomic mass is 35.5. The number of ether oxygens (including phenoxy) is 3. The van der Waals surface area contributed by atoms with Crippen LogP contribution >= 0.6 is 11.6 Å². The number of carbonyl (C=O) groups is 1. The third-order valence-corrected chi connectivity index (χ3v) is 16.5. The van der Waals surface area contributed by atoms with Gasteiger partial charge < -0.3 is 29.0 Å². The van der Waals surface area contributed by atoms with Crippen LogP contribution in [0, 0.1) is 21.4 Å². The minimum Gasteiger partial charge on any atom is -0.493 e. The van der Waals surface area contributed by atoms with Gasteiger partial charge in [0, 0.05) is 98.9 Å². The molecule has 2 atom stereocenters. The minimum absolute atomic E-state index is 0.0150. The van der Waals surface area contributed by atoms with E-state index in [0.29, 0.717) is 42.1 Å². The highest BCUT2D eigenvalue weighted by Gasteiger charge is 2.36. The SMILES string of the molecule is C[C@H]1CN(CC[C@H]2COc3cc(S(=O)(=O)NC(=O)c4ccc(N5CCN(CC6=C(c7ccc(Cl)cc7)CC(C)(C)CC6)CC5)cc4Oc4cnc5[nH]ccc5c4)cc([N+](=O)[O-])c3C2)CCN1C1COC1. The molecular formula is C52H61ClN8O8S. The number of carbonyl (C=O) groups excluding carboxylic acids is 1. The van der Waals surface area contributed by atoms with Crippen LogP contribution in [0.3, 0.4) is 0 Å². The first-order valence-corrected chi connectivity index (χ1v) is 26.3. The molecule has 0 saturated carbocycles. The van der Waals surface area contributed by atoms with Crippen LogP contribution in [0.4, 0.5) is 11.4 Å². The number of fused-ring (bicyclic) bond motifs is 2. The average molecular weight is 994 g/mol. The number of anilines is 1. The Labute approximate surface area is 414 Å². The molecule has 2 N–H and O–H groups in total. The molecule has 18 heteroatoms. The highest BCUT2D eigenvalue weighted by molar-refractivity contribution is 7.90. The standard InChI is InChI=1S/C52H61ClN8O8S/c1-34-29-57(18-21-60(34)41-32-67-33-41)15-12-35-22-45-47(61(63)64)25-43(26-48(45)68-31-35)70(65,66)56-51(62)44-9-8-40(24-49(44)69-42-23-37-11-14-54-50(37)55-28-42)59-19-16-58(17-20-59)30-38-10-13-52(2,3)27-46(38)36-4-6-39(53)7-5-36/h4-9,11,14,23-26,28,34-35,41H,10,12-13,15-22,27,29-33H2,1-3H3,(H,54,55)(H,56,62)/t34-,35+/m0/s1. The summed E-state index contributed by atoms with van der Waals surface area (Å²) in [7, 11) is -4.64. The van der Waals surface area contributed by atoms with Crippen molar-refractivity contribution in [2.45, 2.75) is 69.9 Å². The molecule has 0 unspecified atom stereocenters. The van der Waals surface area contributed by atoms with Gasteiger partial charge in [0.1, 0.15) is 22.9 Å². The van der Waals surface area contributed by atoms with Crippen LogP contribution in [0.5, 0.6) is 17.2 Å². The molecule has 3 aromatic carbocycles. The minimum atomic E-state index is -4.64. The van der Waals surface area contributed by atoms with E-state index in [1.165, 1.54) is 29.0 Å². The topological polar surface area (TPSA) is 176 Å². The monoisotopic (exact) mass is 992 g/mol. The van der Waals surface area contributed by atoms with Crippen LogP contribution in [0.1, 0.15) is 67.9 Å². The first kappa shape index (κ1) is 48.1. The van der Waals surface area contributed by atoms with Gasteiger partial charge in [-0.2, -0.15) is 0 Å². The zero-order valence-electron chi connectivity index (χ0n) is 40.0. The number of allylic oxidation sites excluding steroid dienone is 1. The van der Waals surface area contributed by atoms with Gasteiger partial charge in [-0.1, -0.05) is 43.2 Å². The van der Waals surface area contributed by atoms with Gasteiger partial charge in [-0.05, 0) is 104 Å². The second-order valence-electron chi connectivity index (χ2n) is 20.4. The Morgan fingerprint density at radius 1 is 1.00 bits per heavy atom. The molecule has 3 saturated heterocycles. The van der Waals surface area contributed by atoms with Gasteiger partial charge in [-0.15, -0.1) is 0 Å². The number of piperazine rings is 2. The van der Waals surface area contributed by atoms with E-state index in [1.807, 2.05) is 18.2 Å². The van der Waals surface area contributed by atoms with Crippen molar-refractivity contribution in [3.8, 4) is 17.2 Å². The van der Waals surface area contributed by atoms with Crippen LogP contribution < -0.4 is 19.1 Å². The number of pyridine rings is 1. The second-order valence-corrected chi connectivity index (χ2v) is 22.5. The molecule has 2 aromatic heterocycles. The van der Waals surface area contributed by atoms with Crippen molar-refractivity contribution in [1.29, 1.82) is 0 Å². The van der Waals surface area contributed by atoms with Crippen molar-refractivity contribution in [2.75, 3.05) is 83.6 Å². The van der Waals surface area contributed by atoms with Crippen molar-refractivity contribution in [3.63, 3.8) is 0 Å². The van der Waals surface area contributed by atoms with E-state index in [4.69, 9.17) is 25.8 Å². The average Bonchev–Trinajstić information content (AvgIpc) is 3.79. The quantitative estimate of drug-likeness (QED) is 0.0806. The number of nitrogens with zero attached hydrogens (tertiary/aromatic N) is 6. The molecule has 4 aliphatic heterocycles. The van der Waals surface area contributed by atoms with Crippen LogP contribution in [0.15, 0.2) is 89.6 Å². The van der Waals surface area contributed by atoms with Gasteiger partial charge >= 0.3 is 0 Å². The molecular weight excluding hydrogens is 932 g/mol. The van der Waals surface area contributed by atoms with Crippen LogP contribution in [0.2, 0.25) is 5.02 Å². The van der Waals surface area contributed by atoms with Crippen molar-refractivity contribution < 1.29 is 32.3 Å². The molecule has 1 aliphatic carbocycles. The van der Waals surface area contributed by atoms with Crippen molar-refractivity contribution >= 4 is 55.5 Å². The van der Waals surface area contributed by atoms with E-state index in [-0.39, 0.29) is 34.1 Å². The lowest BCUT2D eigenvalue weighted by molar-refractivity contribution is -0.386. The molecule has 0 spiro atoms. The number of hydrogen-bond donors (Lipinski definition) is 2. The number of hydrogen-bond acceptors (Lipinski definition) is 13. The molecule has 6 heterocycles. The lowest BCUT2D eigenvalue weighted by atomic mass is 9.72. The number of amides is 1. The predicted molar refractivity (Wildman–Crippen MR) is 270 cm³/mol. The summed E-state index contributed by atoms with van der Waals surface area (Å²) in [5.74, 6) is -0.335. The Balaban J connectivity index is 0.837. The number of rotatable bonds is 14. The van der Waals surface area contributed by atoms with Crippen LogP contribution in [0.25, 0.3) is 16.6 Å². The number of nitro groups is 1. The van der Waals surface area contributed by atoms with Crippen LogP contribution in [-0.4, -0.2) is 135 Å².